The molecule has 2 heterocycles. The molecule has 25 heavy (non-hydrogen) atoms. The van der Waals surface area contributed by atoms with Crippen LogP contribution in [-0.4, -0.2) is 49.9 Å². The van der Waals surface area contributed by atoms with Gasteiger partial charge in [0.1, 0.15) is 5.58 Å². The van der Waals surface area contributed by atoms with Crippen LogP contribution in [0.2, 0.25) is 0 Å². The number of morpholine rings is 1. The molecule has 6 heteroatoms. The number of ether oxygens (including phenoxy) is 2. The third-order valence-electron chi connectivity index (χ3n) is 5.43. The molecule has 2 fully saturated rings. The Labute approximate surface area is 147 Å². The number of nitrogens with zero attached hydrogens (tertiary/aromatic N) is 1. The molecule has 0 spiro atoms. The van der Waals surface area contributed by atoms with Gasteiger partial charge in [-0.3, -0.25) is 0 Å². The fraction of sp³-hybridized carbons (Fsp3) is 0.526. The molecule has 2 aliphatic rings. The van der Waals surface area contributed by atoms with Gasteiger partial charge < -0.3 is 24.1 Å². The minimum absolute atomic E-state index is 0.0635. The molecule has 1 aliphatic carbocycles. The summed E-state index contributed by atoms with van der Waals surface area (Å²) in [6.45, 7) is 1.76. The summed E-state index contributed by atoms with van der Waals surface area (Å²) in [5.74, 6) is 0.337. The van der Waals surface area contributed by atoms with Crippen LogP contribution in [0.1, 0.15) is 19.3 Å². The fourth-order valence-electron chi connectivity index (χ4n) is 4.14. The molecule has 1 aromatic heterocycles. The second kappa shape index (κ2) is 7.06. The van der Waals surface area contributed by atoms with Crippen molar-refractivity contribution in [1.82, 2.24) is 4.90 Å². The minimum Gasteiger partial charge on any atom is -0.464 e. The highest BCUT2D eigenvalue weighted by Crippen LogP contribution is 2.34. The van der Waals surface area contributed by atoms with E-state index in [-0.39, 0.29) is 18.2 Å². The quantitative estimate of drug-likeness (QED) is 0.926. The standard InChI is InChI=1S/C19H24N2O4/c1-23-17-4-2-3-15(17)16-12-24-10-8-21(16)19(22)20-14-6-5-13-7-9-25-18(13)11-14/h5-7,9,11,15-17H,2-4,8,10,12H2,1H3,(H,20,22)/t15-,16+,17-/m1/s1. The van der Waals surface area contributed by atoms with Gasteiger partial charge in [-0.2, -0.15) is 0 Å². The van der Waals surface area contributed by atoms with Crippen molar-refractivity contribution in [2.24, 2.45) is 5.92 Å². The van der Waals surface area contributed by atoms with Crippen LogP contribution < -0.4 is 5.32 Å². The van der Waals surface area contributed by atoms with E-state index in [2.05, 4.69) is 5.32 Å². The van der Waals surface area contributed by atoms with Crippen LogP contribution in [0.25, 0.3) is 11.0 Å². The second-order valence-corrected chi connectivity index (χ2v) is 6.81. The third-order valence-corrected chi connectivity index (χ3v) is 5.43. The lowest BCUT2D eigenvalue weighted by Gasteiger charge is -2.40. The molecule has 134 valence electrons. The number of benzene rings is 1. The predicted molar refractivity (Wildman–Crippen MR) is 94.7 cm³/mol. The van der Waals surface area contributed by atoms with Gasteiger partial charge in [-0.25, -0.2) is 4.79 Å². The molecule has 1 aromatic carbocycles. The molecule has 0 radical (unpaired) electrons. The van der Waals surface area contributed by atoms with Crippen LogP contribution in [0.3, 0.4) is 0 Å². The summed E-state index contributed by atoms with van der Waals surface area (Å²) >= 11 is 0. The van der Waals surface area contributed by atoms with E-state index in [0.29, 0.717) is 25.7 Å². The Morgan fingerprint density at radius 3 is 3.12 bits per heavy atom. The Morgan fingerprint density at radius 1 is 1.32 bits per heavy atom. The number of carbonyl (C=O) groups is 1. The Morgan fingerprint density at radius 2 is 2.24 bits per heavy atom. The summed E-state index contributed by atoms with van der Waals surface area (Å²) in [7, 11) is 1.76. The van der Waals surface area contributed by atoms with E-state index >= 15 is 0 Å². The Bertz CT molecular complexity index is 744. The van der Waals surface area contributed by atoms with Crippen molar-refractivity contribution in [1.29, 1.82) is 0 Å². The van der Waals surface area contributed by atoms with Crippen LogP contribution in [0.5, 0.6) is 0 Å². The van der Waals surface area contributed by atoms with Crippen molar-refractivity contribution in [3.8, 4) is 0 Å². The minimum atomic E-state index is -0.0824. The summed E-state index contributed by atoms with van der Waals surface area (Å²) in [6, 6.07) is 7.59. The Hall–Kier alpha value is -2.05. The van der Waals surface area contributed by atoms with Gasteiger partial charge in [0.2, 0.25) is 0 Å². The lowest BCUT2D eigenvalue weighted by Crippen LogP contribution is -2.55. The largest absolute Gasteiger partial charge is 0.464 e. The zero-order valence-electron chi connectivity index (χ0n) is 14.4. The SMILES string of the molecule is CO[C@@H]1CCC[C@@H]1[C@@H]1COCCN1C(=O)Nc1ccc2ccoc2c1. The van der Waals surface area contributed by atoms with Crippen molar-refractivity contribution in [3.63, 3.8) is 0 Å². The summed E-state index contributed by atoms with van der Waals surface area (Å²) in [4.78, 5) is 14.8. The first kappa shape index (κ1) is 16.4. The van der Waals surface area contributed by atoms with Gasteiger partial charge in [-0.05, 0) is 31.0 Å². The smallest absolute Gasteiger partial charge is 0.322 e. The molecular formula is C19H24N2O4. The first-order valence-corrected chi connectivity index (χ1v) is 8.91. The van der Waals surface area contributed by atoms with E-state index in [4.69, 9.17) is 13.9 Å². The van der Waals surface area contributed by atoms with Crippen LogP contribution in [0, 0.1) is 5.92 Å². The van der Waals surface area contributed by atoms with Gasteiger partial charge in [0.05, 0.1) is 31.6 Å². The maximum Gasteiger partial charge on any atom is 0.322 e. The number of anilines is 1. The summed E-state index contributed by atoms with van der Waals surface area (Å²) in [6.07, 6.45) is 5.14. The topological polar surface area (TPSA) is 63.9 Å². The van der Waals surface area contributed by atoms with Crippen molar-refractivity contribution in [2.75, 3.05) is 32.2 Å². The van der Waals surface area contributed by atoms with Crippen molar-refractivity contribution in [2.45, 2.75) is 31.4 Å². The van der Waals surface area contributed by atoms with Gasteiger partial charge in [0.15, 0.2) is 0 Å². The molecule has 2 aromatic rings. The van der Waals surface area contributed by atoms with Gasteiger partial charge in [0, 0.05) is 36.7 Å². The van der Waals surface area contributed by atoms with E-state index in [1.807, 2.05) is 29.2 Å². The van der Waals surface area contributed by atoms with Gasteiger partial charge in [-0.15, -0.1) is 0 Å². The number of urea groups is 1. The number of rotatable bonds is 3. The summed E-state index contributed by atoms with van der Waals surface area (Å²) < 4.78 is 16.7. The van der Waals surface area contributed by atoms with Gasteiger partial charge in [0.25, 0.3) is 0 Å². The zero-order chi connectivity index (χ0) is 17.2. The average Bonchev–Trinajstić information content (AvgIpc) is 3.30. The number of furan rings is 1. The lowest BCUT2D eigenvalue weighted by atomic mass is 9.94. The van der Waals surface area contributed by atoms with Crippen LogP contribution in [0.4, 0.5) is 10.5 Å². The Balaban J connectivity index is 1.50. The Kier molecular flexibility index (Phi) is 4.63. The normalized spacial score (nSPS) is 26.9. The van der Waals surface area contributed by atoms with Crippen molar-refractivity contribution in [3.05, 3.63) is 30.5 Å². The number of hydrogen-bond acceptors (Lipinski definition) is 4. The molecule has 6 nitrogen and oxygen atoms in total. The zero-order valence-corrected chi connectivity index (χ0v) is 14.4. The molecule has 0 unspecified atom stereocenters. The number of carbonyl (C=O) groups excluding carboxylic acids is 1. The van der Waals surface area contributed by atoms with Crippen LogP contribution in [-0.2, 0) is 9.47 Å². The first-order chi connectivity index (χ1) is 12.3. The highest BCUT2D eigenvalue weighted by molar-refractivity contribution is 5.92. The highest BCUT2D eigenvalue weighted by atomic mass is 16.5. The van der Waals surface area contributed by atoms with Gasteiger partial charge >= 0.3 is 6.03 Å². The molecule has 1 saturated heterocycles. The predicted octanol–water partition coefficient (Wildman–Crippen LogP) is 3.48. The number of methoxy groups -OCH3 is 1. The molecule has 1 N–H and O–H groups in total. The molecule has 3 atom stereocenters. The molecule has 0 bridgehead atoms. The van der Waals surface area contributed by atoms with E-state index in [0.717, 1.165) is 35.9 Å². The monoisotopic (exact) mass is 344 g/mol. The summed E-state index contributed by atoms with van der Waals surface area (Å²) in [5, 5.41) is 4.03. The molecule has 4 rings (SSSR count). The number of hydrogen-bond donors (Lipinski definition) is 1. The maximum absolute atomic E-state index is 12.9. The first-order valence-electron chi connectivity index (χ1n) is 8.91. The fourth-order valence-corrected chi connectivity index (χ4v) is 4.14. The molecule has 1 saturated carbocycles. The van der Waals surface area contributed by atoms with E-state index in [1.165, 1.54) is 0 Å². The van der Waals surface area contributed by atoms with E-state index < -0.39 is 0 Å². The second-order valence-electron chi connectivity index (χ2n) is 6.81. The molecule has 1 aliphatic heterocycles. The molecule has 2 amide bonds. The molecular weight excluding hydrogens is 320 g/mol. The number of nitrogens with one attached hydrogen (secondary N) is 1. The van der Waals surface area contributed by atoms with Crippen LogP contribution >= 0.6 is 0 Å². The van der Waals surface area contributed by atoms with Crippen LogP contribution in [0.15, 0.2) is 34.9 Å². The van der Waals surface area contributed by atoms with Gasteiger partial charge in [-0.1, -0.05) is 6.42 Å². The van der Waals surface area contributed by atoms with E-state index in [9.17, 15) is 4.79 Å². The average molecular weight is 344 g/mol. The lowest BCUT2D eigenvalue weighted by molar-refractivity contribution is -0.0379. The highest BCUT2D eigenvalue weighted by Gasteiger charge is 2.40. The maximum atomic E-state index is 12.9. The number of amides is 2. The third kappa shape index (κ3) is 3.24. The summed E-state index contributed by atoms with van der Waals surface area (Å²) in [5.41, 5.74) is 1.51. The number of fused-ring (bicyclic) bond motifs is 1. The van der Waals surface area contributed by atoms with E-state index in [1.54, 1.807) is 13.4 Å². The van der Waals surface area contributed by atoms with Crippen molar-refractivity contribution >= 4 is 22.7 Å². The van der Waals surface area contributed by atoms with Crippen molar-refractivity contribution < 1.29 is 18.7 Å².